The number of esters is 2. The van der Waals surface area contributed by atoms with Crippen molar-refractivity contribution in [3.63, 3.8) is 0 Å². The van der Waals surface area contributed by atoms with Crippen molar-refractivity contribution in [2.24, 2.45) is 15.7 Å². The molecule has 1 atom stereocenters. The molecule has 0 saturated heterocycles. The maximum atomic E-state index is 12.5. The molecular weight excluding hydrogens is 444 g/mol. The number of carbonyl (C=O) groups is 4. The van der Waals surface area contributed by atoms with E-state index in [0.29, 0.717) is 5.69 Å². The molecule has 0 saturated carbocycles. The molecule has 2 amide bonds. The normalized spacial score (nSPS) is 15.1. The van der Waals surface area contributed by atoms with Gasteiger partial charge in [-0.3, -0.25) is 14.9 Å². The highest BCUT2D eigenvalue weighted by atomic mass is 16.5. The first-order chi connectivity index (χ1) is 16.3. The standard InChI is InChI=1S/C22H22N6O6/c1-33-19(31)12-8-13(20(32)34-2)10-15(9-12)24-17(29)11-16-18(30)27-22(26-16)28-21(23)25-14-6-4-3-5-7-14/h3-10,16H,11H2,1-2H3,(H,24,29)(H4,23,25,26,27,28,30)/t16-/m0/s1. The third-order valence-corrected chi connectivity index (χ3v) is 4.53. The molecule has 12 nitrogen and oxygen atoms in total. The number of nitrogens with one attached hydrogen (secondary N) is 3. The zero-order valence-corrected chi connectivity index (χ0v) is 18.3. The second-order valence-electron chi connectivity index (χ2n) is 6.98. The van der Waals surface area contributed by atoms with E-state index in [9.17, 15) is 19.2 Å². The SMILES string of the molecule is COC(=O)c1cc(NC(=O)C[C@@H]2N=C(N=C(N)Nc3ccccc3)NC2=O)cc(C(=O)OC)c1. The third kappa shape index (κ3) is 6.16. The van der Waals surface area contributed by atoms with Gasteiger partial charge in [0.2, 0.25) is 17.8 Å². The number of guanidine groups is 2. The van der Waals surface area contributed by atoms with Crippen LogP contribution >= 0.6 is 0 Å². The van der Waals surface area contributed by atoms with Gasteiger partial charge in [0.15, 0.2) is 0 Å². The van der Waals surface area contributed by atoms with E-state index in [1.165, 1.54) is 32.4 Å². The molecule has 34 heavy (non-hydrogen) atoms. The summed E-state index contributed by atoms with van der Waals surface area (Å²) in [6.45, 7) is 0. The Balaban J connectivity index is 1.69. The molecule has 0 aromatic heterocycles. The minimum absolute atomic E-state index is 0.00492. The average Bonchev–Trinajstić information content (AvgIpc) is 3.16. The Morgan fingerprint density at radius 1 is 1.00 bits per heavy atom. The molecule has 5 N–H and O–H groups in total. The zero-order valence-electron chi connectivity index (χ0n) is 18.3. The molecule has 1 aliphatic heterocycles. The number of rotatable bonds is 6. The number of aliphatic imine (C=N–C) groups is 2. The Hall–Kier alpha value is -4.74. The number of carbonyl (C=O) groups excluding carboxylic acids is 4. The van der Waals surface area contributed by atoms with Crippen LogP contribution in [0.15, 0.2) is 58.5 Å². The molecule has 1 aliphatic rings. The Bertz CT molecular complexity index is 1140. The number of nitrogens with zero attached hydrogens (tertiary/aromatic N) is 2. The van der Waals surface area contributed by atoms with E-state index in [4.69, 9.17) is 5.73 Å². The van der Waals surface area contributed by atoms with E-state index in [1.807, 2.05) is 18.2 Å². The van der Waals surface area contributed by atoms with Crippen LogP contribution in [0, 0.1) is 0 Å². The van der Waals surface area contributed by atoms with Crippen molar-refractivity contribution in [2.45, 2.75) is 12.5 Å². The van der Waals surface area contributed by atoms with Gasteiger partial charge in [-0.2, -0.15) is 4.99 Å². The lowest BCUT2D eigenvalue weighted by atomic mass is 10.1. The largest absolute Gasteiger partial charge is 0.465 e. The van der Waals surface area contributed by atoms with Crippen LogP contribution in [0.1, 0.15) is 27.1 Å². The summed E-state index contributed by atoms with van der Waals surface area (Å²) in [5.41, 5.74) is 6.75. The Morgan fingerprint density at radius 3 is 2.21 bits per heavy atom. The van der Waals surface area contributed by atoms with Gasteiger partial charge in [0, 0.05) is 11.4 Å². The van der Waals surface area contributed by atoms with Crippen molar-refractivity contribution in [3.8, 4) is 0 Å². The fourth-order valence-corrected chi connectivity index (χ4v) is 3.00. The molecule has 12 heteroatoms. The molecule has 3 rings (SSSR count). The van der Waals surface area contributed by atoms with E-state index in [-0.39, 0.29) is 35.2 Å². The lowest BCUT2D eigenvalue weighted by Gasteiger charge is -2.10. The first-order valence-corrected chi connectivity index (χ1v) is 9.95. The first-order valence-electron chi connectivity index (χ1n) is 9.95. The van der Waals surface area contributed by atoms with Crippen LogP contribution in [0.25, 0.3) is 0 Å². The fraction of sp³-hybridized carbons (Fsp3) is 0.182. The Kier molecular flexibility index (Phi) is 7.54. The Labute approximate surface area is 194 Å². The van der Waals surface area contributed by atoms with Gasteiger partial charge in [-0.15, -0.1) is 0 Å². The van der Waals surface area contributed by atoms with Crippen LogP contribution in [0.3, 0.4) is 0 Å². The number of hydrogen-bond donors (Lipinski definition) is 4. The van der Waals surface area contributed by atoms with Crippen molar-refractivity contribution in [1.82, 2.24) is 5.32 Å². The number of methoxy groups -OCH3 is 2. The highest BCUT2D eigenvalue weighted by Crippen LogP contribution is 2.18. The lowest BCUT2D eigenvalue weighted by molar-refractivity contribution is -0.123. The van der Waals surface area contributed by atoms with Gasteiger partial charge < -0.3 is 25.8 Å². The van der Waals surface area contributed by atoms with Crippen molar-refractivity contribution in [1.29, 1.82) is 0 Å². The van der Waals surface area contributed by atoms with Crippen LogP contribution < -0.4 is 21.7 Å². The molecule has 2 aromatic carbocycles. The van der Waals surface area contributed by atoms with Crippen molar-refractivity contribution in [2.75, 3.05) is 24.9 Å². The highest BCUT2D eigenvalue weighted by molar-refractivity contribution is 6.11. The molecule has 0 spiro atoms. The number of amides is 2. The Morgan fingerprint density at radius 2 is 1.62 bits per heavy atom. The molecule has 0 radical (unpaired) electrons. The molecule has 0 bridgehead atoms. The number of nitrogens with two attached hydrogens (primary N) is 1. The molecule has 176 valence electrons. The van der Waals surface area contributed by atoms with Crippen LogP contribution in [0.4, 0.5) is 11.4 Å². The summed E-state index contributed by atoms with van der Waals surface area (Å²) < 4.78 is 9.33. The zero-order chi connectivity index (χ0) is 24.7. The van der Waals surface area contributed by atoms with E-state index in [0.717, 1.165) is 0 Å². The maximum absolute atomic E-state index is 12.5. The van der Waals surface area contributed by atoms with Crippen LogP contribution in [0.5, 0.6) is 0 Å². The number of anilines is 2. The monoisotopic (exact) mass is 466 g/mol. The van der Waals surface area contributed by atoms with Crippen molar-refractivity contribution in [3.05, 3.63) is 59.7 Å². The molecule has 2 aromatic rings. The second-order valence-corrected chi connectivity index (χ2v) is 6.98. The van der Waals surface area contributed by atoms with E-state index in [1.54, 1.807) is 12.1 Å². The number of hydrogen-bond acceptors (Lipinski definition) is 8. The third-order valence-electron chi connectivity index (χ3n) is 4.53. The summed E-state index contributed by atoms with van der Waals surface area (Å²) in [6, 6.07) is 11.9. The van der Waals surface area contributed by atoms with Crippen molar-refractivity contribution < 1.29 is 28.7 Å². The molecular formula is C22H22N6O6. The number of para-hydroxylation sites is 1. The van der Waals surface area contributed by atoms with Gasteiger partial charge >= 0.3 is 11.9 Å². The molecule has 0 fully saturated rings. The van der Waals surface area contributed by atoms with Crippen molar-refractivity contribution >= 4 is 47.0 Å². The summed E-state index contributed by atoms with van der Waals surface area (Å²) in [5, 5.41) is 7.85. The van der Waals surface area contributed by atoms with Crippen LogP contribution in [0.2, 0.25) is 0 Å². The smallest absolute Gasteiger partial charge is 0.337 e. The van der Waals surface area contributed by atoms with Gasteiger partial charge in [-0.05, 0) is 30.3 Å². The summed E-state index contributed by atoms with van der Waals surface area (Å²) in [5.74, 6) is -2.55. The average molecular weight is 466 g/mol. The highest BCUT2D eigenvalue weighted by Gasteiger charge is 2.29. The first kappa shape index (κ1) is 23.9. The van der Waals surface area contributed by atoms with Gasteiger partial charge in [0.05, 0.1) is 31.8 Å². The van der Waals surface area contributed by atoms with Gasteiger partial charge in [0.25, 0.3) is 5.91 Å². The van der Waals surface area contributed by atoms with Gasteiger partial charge in [0.1, 0.15) is 6.04 Å². The van der Waals surface area contributed by atoms with Crippen LogP contribution in [-0.4, -0.2) is 55.9 Å². The van der Waals surface area contributed by atoms with E-state index >= 15 is 0 Å². The van der Waals surface area contributed by atoms with E-state index < -0.39 is 29.8 Å². The molecule has 0 aliphatic carbocycles. The number of ether oxygens (including phenoxy) is 2. The summed E-state index contributed by atoms with van der Waals surface area (Å²) >= 11 is 0. The quantitative estimate of drug-likeness (QED) is 0.276. The predicted molar refractivity (Wildman–Crippen MR) is 123 cm³/mol. The predicted octanol–water partition coefficient (Wildman–Crippen LogP) is 0.870. The van der Waals surface area contributed by atoms with Gasteiger partial charge in [-0.1, -0.05) is 18.2 Å². The second kappa shape index (κ2) is 10.7. The maximum Gasteiger partial charge on any atom is 0.337 e. The topological polar surface area (TPSA) is 174 Å². The van der Waals surface area contributed by atoms with Crippen LogP contribution in [-0.2, 0) is 19.1 Å². The minimum atomic E-state index is -1.04. The minimum Gasteiger partial charge on any atom is -0.465 e. The summed E-state index contributed by atoms with van der Waals surface area (Å²) in [4.78, 5) is 56.6. The molecule has 0 unspecified atom stereocenters. The van der Waals surface area contributed by atoms with E-state index in [2.05, 4.69) is 35.4 Å². The van der Waals surface area contributed by atoms with Gasteiger partial charge in [-0.25, -0.2) is 14.6 Å². The number of benzene rings is 2. The lowest BCUT2D eigenvalue weighted by Crippen LogP contribution is -2.32. The summed E-state index contributed by atoms with van der Waals surface area (Å²) in [7, 11) is 2.37. The summed E-state index contributed by atoms with van der Waals surface area (Å²) in [6.07, 6.45) is -0.313. The molecule has 1 heterocycles. The fourth-order valence-electron chi connectivity index (χ4n) is 3.00.